The average molecular weight is 356 g/mol. The fraction of sp³-hybridized carbons (Fsp3) is 0.125. The van der Waals surface area contributed by atoms with Crippen molar-refractivity contribution in [1.82, 2.24) is 0 Å². The minimum absolute atomic E-state index is 0.0121. The highest BCUT2D eigenvalue weighted by atomic mass is 16.6. The standard InChI is InChI=1S/C16H12N4O6/c21-15-10-18(12-6-2-4-8-14(12)20(25)26)16(22)9-17(15)11-5-1-3-7-13(11)19(23)24/h1-8H,9-10H2. The third kappa shape index (κ3) is 2.95. The van der Waals surface area contributed by atoms with Crippen LogP contribution < -0.4 is 9.80 Å². The quantitative estimate of drug-likeness (QED) is 0.608. The molecule has 1 fully saturated rings. The fourth-order valence-corrected chi connectivity index (χ4v) is 2.75. The lowest BCUT2D eigenvalue weighted by Crippen LogP contribution is -2.54. The maximum absolute atomic E-state index is 12.5. The second-order valence-corrected chi connectivity index (χ2v) is 5.45. The SMILES string of the molecule is O=C1CN(c2ccccc2[N+](=O)[O-])C(=O)CN1c1ccccc1[N+](=O)[O-]. The van der Waals surface area contributed by atoms with Crippen molar-refractivity contribution in [2.24, 2.45) is 0 Å². The van der Waals surface area contributed by atoms with E-state index >= 15 is 0 Å². The number of benzene rings is 2. The first-order chi connectivity index (χ1) is 12.4. The van der Waals surface area contributed by atoms with Crippen LogP contribution >= 0.6 is 0 Å². The summed E-state index contributed by atoms with van der Waals surface area (Å²) in [6.07, 6.45) is 0. The molecule has 2 aromatic carbocycles. The molecule has 0 aromatic heterocycles. The number of hydrogen-bond acceptors (Lipinski definition) is 6. The molecule has 1 aliphatic rings. The Morgan fingerprint density at radius 3 is 1.38 bits per heavy atom. The normalized spacial score (nSPS) is 14.5. The van der Waals surface area contributed by atoms with Crippen LogP contribution in [-0.4, -0.2) is 34.8 Å². The average Bonchev–Trinajstić information content (AvgIpc) is 2.63. The van der Waals surface area contributed by atoms with Gasteiger partial charge >= 0.3 is 0 Å². The zero-order chi connectivity index (χ0) is 18.8. The van der Waals surface area contributed by atoms with Gasteiger partial charge in [0.1, 0.15) is 24.5 Å². The predicted octanol–water partition coefficient (Wildman–Crippen LogP) is 1.88. The fourth-order valence-electron chi connectivity index (χ4n) is 2.75. The smallest absolute Gasteiger partial charge is 0.292 e. The van der Waals surface area contributed by atoms with Gasteiger partial charge in [-0.05, 0) is 12.1 Å². The third-order valence-corrected chi connectivity index (χ3v) is 3.93. The zero-order valence-electron chi connectivity index (χ0n) is 13.3. The molecule has 0 saturated carbocycles. The van der Waals surface area contributed by atoms with E-state index in [-0.39, 0.29) is 22.7 Å². The molecular formula is C16H12N4O6. The van der Waals surface area contributed by atoms with Crippen LogP contribution in [-0.2, 0) is 9.59 Å². The number of piperazine rings is 1. The molecule has 0 radical (unpaired) electrons. The number of amides is 2. The monoisotopic (exact) mass is 356 g/mol. The number of nitrogens with zero attached hydrogens (tertiary/aromatic N) is 4. The van der Waals surface area contributed by atoms with E-state index in [0.29, 0.717) is 0 Å². The van der Waals surface area contributed by atoms with Gasteiger partial charge in [0.25, 0.3) is 11.4 Å². The minimum Gasteiger partial charge on any atom is -0.295 e. The number of rotatable bonds is 4. The van der Waals surface area contributed by atoms with Gasteiger partial charge < -0.3 is 0 Å². The van der Waals surface area contributed by atoms with Crippen molar-refractivity contribution in [3.05, 3.63) is 68.8 Å². The first-order valence-electron chi connectivity index (χ1n) is 7.47. The summed E-state index contributed by atoms with van der Waals surface area (Å²) in [7, 11) is 0. The Kier molecular flexibility index (Phi) is 4.31. The number of carbonyl (C=O) groups is 2. The molecule has 2 aromatic rings. The molecule has 2 amide bonds. The Labute approximate surface area is 146 Å². The Hall–Kier alpha value is -3.82. The maximum Gasteiger partial charge on any atom is 0.292 e. The molecule has 1 aliphatic heterocycles. The van der Waals surface area contributed by atoms with Crippen LogP contribution in [0.2, 0.25) is 0 Å². The van der Waals surface area contributed by atoms with Crippen LogP contribution in [0.15, 0.2) is 48.5 Å². The number of para-hydroxylation sites is 4. The van der Waals surface area contributed by atoms with E-state index in [4.69, 9.17) is 0 Å². The van der Waals surface area contributed by atoms with E-state index in [0.717, 1.165) is 9.80 Å². The van der Waals surface area contributed by atoms with Gasteiger partial charge in [0.05, 0.1) is 9.85 Å². The predicted molar refractivity (Wildman–Crippen MR) is 90.9 cm³/mol. The second-order valence-electron chi connectivity index (χ2n) is 5.45. The van der Waals surface area contributed by atoms with Gasteiger partial charge in [0.2, 0.25) is 11.8 Å². The molecule has 1 saturated heterocycles. The maximum atomic E-state index is 12.5. The molecule has 1 heterocycles. The van der Waals surface area contributed by atoms with E-state index < -0.39 is 34.8 Å². The zero-order valence-corrected chi connectivity index (χ0v) is 13.3. The molecule has 0 bridgehead atoms. The van der Waals surface area contributed by atoms with E-state index in [9.17, 15) is 29.8 Å². The summed E-state index contributed by atoms with van der Waals surface area (Å²) in [5.41, 5.74) is -0.572. The van der Waals surface area contributed by atoms with Crippen molar-refractivity contribution >= 4 is 34.6 Å². The number of nitro benzene ring substituents is 2. The Morgan fingerprint density at radius 1 is 0.692 bits per heavy atom. The number of hydrogen-bond donors (Lipinski definition) is 0. The van der Waals surface area contributed by atoms with Gasteiger partial charge in [-0.15, -0.1) is 0 Å². The van der Waals surface area contributed by atoms with E-state index in [1.165, 1.54) is 48.5 Å². The van der Waals surface area contributed by atoms with Gasteiger partial charge in [-0.25, -0.2) is 0 Å². The van der Waals surface area contributed by atoms with Crippen LogP contribution in [0.1, 0.15) is 0 Å². The topological polar surface area (TPSA) is 127 Å². The molecule has 10 nitrogen and oxygen atoms in total. The molecular weight excluding hydrogens is 344 g/mol. The number of carbonyl (C=O) groups excluding carboxylic acids is 2. The number of anilines is 2. The van der Waals surface area contributed by atoms with Gasteiger partial charge in [0.15, 0.2) is 0 Å². The molecule has 0 spiro atoms. The van der Waals surface area contributed by atoms with E-state index in [1.807, 2.05) is 0 Å². The Balaban J connectivity index is 1.95. The molecule has 132 valence electrons. The van der Waals surface area contributed by atoms with E-state index in [2.05, 4.69) is 0 Å². The van der Waals surface area contributed by atoms with Crippen molar-refractivity contribution < 1.29 is 19.4 Å². The molecule has 26 heavy (non-hydrogen) atoms. The molecule has 0 N–H and O–H groups in total. The lowest BCUT2D eigenvalue weighted by Gasteiger charge is -2.33. The van der Waals surface area contributed by atoms with Gasteiger partial charge in [-0.3, -0.25) is 39.6 Å². The van der Waals surface area contributed by atoms with Crippen LogP contribution in [0.3, 0.4) is 0 Å². The minimum atomic E-state index is -0.637. The van der Waals surface area contributed by atoms with Crippen LogP contribution in [0.25, 0.3) is 0 Å². The highest BCUT2D eigenvalue weighted by Crippen LogP contribution is 2.32. The van der Waals surface area contributed by atoms with Crippen LogP contribution in [0.4, 0.5) is 22.7 Å². The first-order valence-corrected chi connectivity index (χ1v) is 7.47. The van der Waals surface area contributed by atoms with Crippen molar-refractivity contribution in [2.45, 2.75) is 0 Å². The van der Waals surface area contributed by atoms with Crippen molar-refractivity contribution in [1.29, 1.82) is 0 Å². The third-order valence-electron chi connectivity index (χ3n) is 3.93. The Morgan fingerprint density at radius 2 is 1.04 bits per heavy atom. The summed E-state index contributed by atoms with van der Waals surface area (Å²) >= 11 is 0. The Bertz CT molecular complexity index is 853. The second kappa shape index (κ2) is 6.59. The summed E-state index contributed by atoms with van der Waals surface area (Å²) in [5, 5.41) is 22.3. The highest BCUT2D eigenvalue weighted by Gasteiger charge is 2.36. The van der Waals surface area contributed by atoms with Crippen molar-refractivity contribution in [2.75, 3.05) is 22.9 Å². The summed E-state index contributed by atoms with van der Waals surface area (Å²) in [4.78, 5) is 48.1. The summed E-state index contributed by atoms with van der Waals surface area (Å²) in [6.45, 7) is -0.897. The van der Waals surface area contributed by atoms with E-state index in [1.54, 1.807) is 0 Å². The van der Waals surface area contributed by atoms with Crippen molar-refractivity contribution in [3.8, 4) is 0 Å². The lowest BCUT2D eigenvalue weighted by molar-refractivity contribution is -0.384. The van der Waals surface area contributed by atoms with Gasteiger partial charge in [-0.2, -0.15) is 0 Å². The number of nitro groups is 2. The molecule has 10 heteroatoms. The summed E-state index contributed by atoms with van der Waals surface area (Å²) in [5.74, 6) is -1.14. The van der Waals surface area contributed by atoms with Crippen LogP contribution in [0.5, 0.6) is 0 Å². The molecule has 0 unspecified atom stereocenters. The largest absolute Gasteiger partial charge is 0.295 e. The lowest BCUT2D eigenvalue weighted by atomic mass is 10.1. The van der Waals surface area contributed by atoms with Crippen LogP contribution in [0, 0.1) is 20.2 Å². The molecule has 3 rings (SSSR count). The highest BCUT2D eigenvalue weighted by molar-refractivity contribution is 6.13. The van der Waals surface area contributed by atoms with Gasteiger partial charge in [-0.1, -0.05) is 24.3 Å². The first kappa shape index (κ1) is 17.0. The van der Waals surface area contributed by atoms with Gasteiger partial charge in [0, 0.05) is 12.1 Å². The summed E-state index contributed by atoms with van der Waals surface area (Å²) in [6, 6.07) is 11.2. The summed E-state index contributed by atoms with van der Waals surface area (Å²) < 4.78 is 0. The van der Waals surface area contributed by atoms with Crippen molar-refractivity contribution in [3.63, 3.8) is 0 Å². The molecule has 0 atom stereocenters. The molecule has 0 aliphatic carbocycles.